The number of aromatic amines is 1. The third-order valence-corrected chi connectivity index (χ3v) is 6.06. The van der Waals surface area contributed by atoms with Crippen molar-refractivity contribution in [3.8, 4) is 22.5 Å². The molecule has 1 fully saturated rings. The van der Waals surface area contributed by atoms with Gasteiger partial charge in [0.15, 0.2) is 0 Å². The van der Waals surface area contributed by atoms with Crippen LogP contribution >= 0.6 is 23.2 Å². The van der Waals surface area contributed by atoms with Gasteiger partial charge in [-0.3, -0.25) is 14.8 Å². The van der Waals surface area contributed by atoms with Crippen LogP contribution in [0.5, 0.6) is 0 Å². The average molecular weight is 457 g/mol. The van der Waals surface area contributed by atoms with Gasteiger partial charge in [-0.1, -0.05) is 49.2 Å². The van der Waals surface area contributed by atoms with Gasteiger partial charge in [-0.25, -0.2) is 0 Å². The van der Waals surface area contributed by atoms with Gasteiger partial charge in [0.2, 0.25) is 0 Å². The average Bonchev–Trinajstić information content (AvgIpc) is 3.23. The van der Waals surface area contributed by atoms with E-state index in [-0.39, 0.29) is 5.91 Å². The minimum absolute atomic E-state index is 0.0893. The summed E-state index contributed by atoms with van der Waals surface area (Å²) in [6.45, 7) is 8.97. The molecular formula is C24H26Cl2N4O. The Labute approximate surface area is 193 Å². The first-order chi connectivity index (χ1) is 14.9. The van der Waals surface area contributed by atoms with E-state index in [4.69, 9.17) is 23.2 Å². The normalized spacial score (nSPS) is 14.9. The van der Waals surface area contributed by atoms with Crippen molar-refractivity contribution in [3.05, 3.63) is 64.1 Å². The molecule has 0 radical (unpaired) electrons. The monoisotopic (exact) mass is 456 g/mol. The summed E-state index contributed by atoms with van der Waals surface area (Å²) in [7, 11) is 0. The van der Waals surface area contributed by atoms with Crippen LogP contribution in [0.25, 0.3) is 22.5 Å². The molecule has 2 aromatic carbocycles. The van der Waals surface area contributed by atoms with Crippen molar-refractivity contribution in [2.45, 2.75) is 13.8 Å². The van der Waals surface area contributed by atoms with E-state index in [0.29, 0.717) is 21.5 Å². The lowest BCUT2D eigenvalue weighted by Gasteiger charge is -2.35. The fourth-order valence-electron chi connectivity index (χ4n) is 3.93. The molecule has 4 rings (SSSR count). The van der Waals surface area contributed by atoms with Crippen molar-refractivity contribution in [1.82, 2.24) is 20.0 Å². The number of aromatic nitrogens is 2. The quantitative estimate of drug-likeness (QED) is 0.553. The summed E-state index contributed by atoms with van der Waals surface area (Å²) in [6.07, 6.45) is 0. The molecule has 0 atom stereocenters. The van der Waals surface area contributed by atoms with E-state index in [2.05, 4.69) is 28.9 Å². The standard InChI is InChI=1S/C24H26Cl2N4O/c1-16(2)15-29-9-11-30(12-10-29)24(31)18-5-3-17(4-6-18)22-14-23(28-27-22)20-8-7-19(25)13-21(20)26/h3-8,13-14,16H,9-12,15H2,1-2H3,(H,27,28). The molecular weight excluding hydrogens is 431 g/mol. The summed E-state index contributed by atoms with van der Waals surface area (Å²) in [4.78, 5) is 17.3. The number of piperazine rings is 1. The third kappa shape index (κ3) is 5.12. The van der Waals surface area contributed by atoms with Crippen molar-refractivity contribution in [1.29, 1.82) is 0 Å². The van der Waals surface area contributed by atoms with Gasteiger partial charge in [-0.15, -0.1) is 0 Å². The van der Waals surface area contributed by atoms with Crippen molar-refractivity contribution in [2.24, 2.45) is 5.92 Å². The van der Waals surface area contributed by atoms with Gasteiger partial charge in [0.05, 0.1) is 16.4 Å². The maximum atomic E-state index is 12.9. The lowest BCUT2D eigenvalue weighted by molar-refractivity contribution is 0.0624. The lowest BCUT2D eigenvalue weighted by atomic mass is 10.1. The van der Waals surface area contributed by atoms with Crippen LogP contribution in [0.2, 0.25) is 10.0 Å². The Morgan fingerprint density at radius 2 is 1.74 bits per heavy atom. The highest BCUT2D eigenvalue weighted by molar-refractivity contribution is 6.36. The number of hydrogen-bond acceptors (Lipinski definition) is 3. The van der Waals surface area contributed by atoms with Crippen LogP contribution in [0, 0.1) is 5.92 Å². The van der Waals surface area contributed by atoms with Gasteiger partial charge in [0.1, 0.15) is 0 Å². The summed E-state index contributed by atoms with van der Waals surface area (Å²) in [6, 6.07) is 14.9. The largest absolute Gasteiger partial charge is 0.336 e. The Bertz CT molecular complexity index is 1050. The van der Waals surface area contributed by atoms with Crippen LogP contribution in [-0.4, -0.2) is 58.6 Å². The Morgan fingerprint density at radius 3 is 2.39 bits per heavy atom. The summed E-state index contributed by atoms with van der Waals surface area (Å²) < 4.78 is 0. The molecule has 1 aromatic heterocycles. The van der Waals surface area contributed by atoms with Gasteiger partial charge in [-0.2, -0.15) is 5.10 Å². The lowest BCUT2D eigenvalue weighted by Crippen LogP contribution is -2.49. The van der Waals surface area contributed by atoms with E-state index in [1.165, 1.54) is 0 Å². The van der Waals surface area contributed by atoms with E-state index >= 15 is 0 Å². The molecule has 0 spiro atoms. The second kappa shape index (κ2) is 9.43. The molecule has 1 N–H and O–H groups in total. The molecule has 7 heteroatoms. The molecule has 1 amide bonds. The summed E-state index contributed by atoms with van der Waals surface area (Å²) in [5.74, 6) is 0.736. The van der Waals surface area contributed by atoms with Crippen LogP contribution in [0.1, 0.15) is 24.2 Å². The molecule has 0 bridgehead atoms. The maximum absolute atomic E-state index is 12.9. The predicted molar refractivity (Wildman–Crippen MR) is 127 cm³/mol. The molecule has 1 aliphatic rings. The number of nitrogens with one attached hydrogen (secondary N) is 1. The first kappa shape index (κ1) is 21.9. The van der Waals surface area contributed by atoms with E-state index in [0.717, 1.165) is 55.2 Å². The predicted octanol–water partition coefficient (Wildman–Crippen LogP) is 5.46. The fraction of sp³-hybridized carbons (Fsp3) is 0.333. The Balaban J connectivity index is 1.43. The van der Waals surface area contributed by atoms with Crippen LogP contribution in [0.3, 0.4) is 0 Å². The highest BCUT2D eigenvalue weighted by atomic mass is 35.5. The molecule has 162 valence electrons. The molecule has 5 nitrogen and oxygen atoms in total. The number of carbonyl (C=O) groups is 1. The number of carbonyl (C=O) groups excluding carboxylic acids is 1. The SMILES string of the molecule is CC(C)CN1CCN(C(=O)c2ccc(-c3cc(-c4ccc(Cl)cc4Cl)[nH]n3)cc2)CC1. The fourth-order valence-corrected chi connectivity index (χ4v) is 4.44. The van der Waals surface area contributed by atoms with Crippen LogP contribution < -0.4 is 0 Å². The molecule has 31 heavy (non-hydrogen) atoms. The highest BCUT2D eigenvalue weighted by Gasteiger charge is 2.22. The first-order valence-corrected chi connectivity index (χ1v) is 11.3. The molecule has 1 aliphatic heterocycles. The topological polar surface area (TPSA) is 52.2 Å². The number of rotatable bonds is 5. The van der Waals surface area contributed by atoms with Gasteiger partial charge in [-0.05, 0) is 42.3 Å². The number of H-pyrrole nitrogens is 1. The highest BCUT2D eigenvalue weighted by Crippen LogP contribution is 2.31. The van der Waals surface area contributed by atoms with Crippen molar-refractivity contribution in [3.63, 3.8) is 0 Å². The van der Waals surface area contributed by atoms with Crippen molar-refractivity contribution >= 4 is 29.1 Å². The number of amides is 1. The number of hydrogen-bond donors (Lipinski definition) is 1. The van der Waals surface area contributed by atoms with E-state index in [1.807, 2.05) is 41.3 Å². The van der Waals surface area contributed by atoms with Gasteiger partial charge in [0.25, 0.3) is 5.91 Å². The summed E-state index contributed by atoms with van der Waals surface area (Å²) in [5.41, 5.74) is 4.09. The molecule has 3 aromatic rings. The Hall–Kier alpha value is -2.34. The maximum Gasteiger partial charge on any atom is 0.253 e. The number of benzene rings is 2. The van der Waals surface area contributed by atoms with Crippen molar-refractivity contribution in [2.75, 3.05) is 32.7 Å². The summed E-state index contributed by atoms with van der Waals surface area (Å²) >= 11 is 12.3. The molecule has 0 saturated carbocycles. The Morgan fingerprint density at radius 1 is 1.03 bits per heavy atom. The van der Waals surface area contributed by atoms with Crippen molar-refractivity contribution < 1.29 is 4.79 Å². The second-order valence-electron chi connectivity index (χ2n) is 8.36. The zero-order valence-corrected chi connectivity index (χ0v) is 19.2. The third-order valence-electron chi connectivity index (χ3n) is 5.51. The van der Waals surface area contributed by atoms with E-state index < -0.39 is 0 Å². The number of nitrogens with zero attached hydrogens (tertiary/aromatic N) is 3. The molecule has 2 heterocycles. The van der Waals surface area contributed by atoms with Gasteiger partial charge in [0, 0.05) is 54.4 Å². The molecule has 0 unspecified atom stereocenters. The van der Waals surface area contributed by atoms with E-state index in [9.17, 15) is 4.79 Å². The van der Waals surface area contributed by atoms with Crippen LogP contribution in [-0.2, 0) is 0 Å². The van der Waals surface area contributed by atoms with Crippen LogP contribution in [0.15, 0.2) is 48.5 Å². The molecule has 0 aliphatic carbocycles. The zero-order chi connectivity index (χ0) is 22.0. The van der Waals surface area contributed by atoms with Gasteiger partial charge >= 0.3 is 0 Å². The first-order valence-electron chi connectivity index (χ1n) is 10.5. The van der Waals surface area contributed by atoms with Gasteiger partial charge < -0.3 is 4.90 Å². The molecule has 1 saturated heterocycles. The summed E-state index contributed by atoms with van der Waals surface area (Å²) in [5, 5.41) is 8.59. The zero-order valence-electron chi connectivity index (χ0n) is 17.7. The smallest absolute Gasteiger partial charge is 0.253 e. The van der Waals surface area contributed by atoms with Crippen LogP contribution in [0.4, 0.5) is 0 Å². The minimum atomic E-state index is 0.0893. The Kier molecular flexibility index (Phi) is 6.65. The second-order valence-corrected chi connectivity index (χ2v) is 9.20. The minimum Gasteiger partial charge on any atom is -0.336 e. The number of halogens is 2. The van der Waals surface area contributed by atoms with E-state index in [1.54, 1.807) is 12.1 Å².